The van der Waals surface area contributed by atoms with E-state index in [-0.39, 0.29) is 11.6 Å². The van der Waals surface area contributed by atoms with Crippen LogP contribution in [-0.2, 0) is 0 Å². The predicted octanol–water partition coefficient (Wildman–Crippen LogP) is 5.79. The predicted molar refractivity (Wildman–Crippen MR) is 140 cm³/mol. The number of nitrogens with zero attached hydrogens (tertiary/aromatic N) is 4. The van der Waals surface area contributed by atoms with Gasteiger partial charge in [-0.3, -0.25) is 0 Å². The molecule has 0 saturated heterocycles. The number of halogens is 1. The van der Waals surface area contributed by atoms with Gasteiger partial charge in [-0.1, -0.05) is 35.1 Å². The summed E-state index contributed by atoms with van der Waals surface area (Å²) < 4.78 is 14.7. The van der Waals surface area contributed by atoms with Crippen molar-refractivity contribution in [2.45, 2.75) is 20.8 Å². The molecule has 2 aromatic heterocycles. The summed E-state index contributed by atoms with van der Waals surface area (Å²) in [5.74, 6) is -0.408. The fourth-order valence-corrected chi connectivity index (χ4v) is 4.70. The van der Waals surface area contributed by atoms with Crippen LogP contribution in [0.3, 0.4) is 0 Å². The number of rotatable bonds is 7. The van der Waals surface area contributed by atoms with Crippen molar-refractivity contribution in [1.29, 1.82) is 0 Å². The molecule has 0 bridgehead atoms. The lowest BCUT2D eigenvalue weighted by atomic mass is 10.1. The van der Waals surface area contributed by atoms with E-state index < -0.39 is 11.8 Å². The van der Waals surface area contributed by atoms with Crippen molar-refractivity contribution in [3.63, 3.8) is 0 Å². The molecule has 4 aromatic rings. The number of benzene rings is 2. The summed E-state index contributed by atoms with van der Waals surface area (Å²) >= 11 is 1.47. The second kappa shape index (κ2) is 10.5. The third kappa shape index (κ3) is 5.55. The van der Waals surface area contributed by atoms with Crippen molar-refractivity contribution >= 4 is 39.8 Å². The molecule has 2 aromatic carbocycles. The van der Waals surface area contributed by atoms with Gasteiger partial charge in [0.2, 0.25) is 5.95 Å². The molecule has 0 saturated carbocycles. The minimum absolute atomic E-state index is 0.0538. The lowest BCUT2D eigenvalue weighted by molar-refractivity contribution is 0.262. The summed E-state index contributed by atoms with van der Waals surface area (Å²) in [4.78, 5) is 28.6. The number of anilines is 4. The molecule has 180 valence electrons. The third-order valence-electron chi connectivity index (χ3n) is 5.35. The number of aryl methyl sites for hydroxylation is 1. The number of aromatic nitrogens is 3. The van der Waals surface area contributed by atoms with Crippen LogP contribution < -0.4 is 21.3 Å². The van der Waals surface area contributed by atoms with Gasteiger partial charge in [-0.05, 0) is 56.7 Å². The Hall–Kier alpha value is -4.05. The van der Waals surface area contributed by atoms with Gasteiger partial charge in [0.1, 0.15) is 11.5 Å². The average molecular weight is 492 g/mol. The van der Waals surface area contributed by atoms with Gasteiger partial charge in [0.15, 0.2) is 5.13 Å². The van der Waals surface area contributed by atoms with Crippen LogP contribution in [0.2, 0.25) is 0 Å². The number of nitrogens with two attached hydrogens (primary N) is 1. The fourth-order valence-electron chi connectivity index (χ4n) is 3.50. The Kier molecular flexibility index (Phi) is 7.21. The van der Waals surface area contributed by atoms with Crippen LogP contribution in [0.5, 0.6) is 0 Å². The first-order chi connectivity index (χ1) is 16.9. The van der Waals surface area contributed by atoms with Gasteiger partial charge in [-0.15, -0.1) is 0 Å². The molecule has 4 N–H and O–H groups in total. The molecule has 0 unspecified atom stereocenters. The summed E-state index contributed by atoms with van der Waals surface area (Å²) in [6.45, 7) is 7.63. The van der Waals surface area contributed by atoms with Crippen molar-refractivity contribution in [2.24, 2.45) is 0 Å². The number of nitrogen functional groups attached to an aromatic ring is 1. The van der Waals surface area contributed by atoms with Crippen LogP contribution in [-0.4, -0.2) is 34.1 Å². The second-order valence-corrected chi connectivity index (χ2v) is 8.76. The molecular weight excluding hydrogens is 465 g/mol. The van der Waals surface area contributed by atoms with Crippen molar-refractivity contribution in [3.05, 3.63) is 66.1 Å². The fraction of sp³-hybridized carbons (Fsp3) is 0.200. The highest BCUT2D eigenvalue weighted by Crippen LogP contribution is 2.41. The van der Waals surface area contributed by atoms with E-state index in [2.05, 4.69) is 39.3 Å². The zero-order valence-electron chi connectivity index (χ0n) is 19.7. The Morgan fingerprint density at radius 2 is 1.80 bits per heavy atom. The number of nitrogens with one attached hydrogen (secondary N) is 2. The molecule has 4 rings (SSSR count). The van der Waals surface area contributed by atoms with Crippen LogP contribution in [0.1, 0.15) is 19.4 Å². The van der Waals surface area contributed by atoms with Gasteiger partial charge in [0.25, 0.3) is 0 Å². The van der Waals surface area contributed by atoms with Crippen molar-refractivity contribution in [1.82, 2.24) is 15.0 Å². The largest absolute Gasteiger partial charge is 0.368 e. The SMILES string of the molecule is CCN(CC)c1nc(-c2ccnc(N)n2)c(-c2ccc(F)c(NC(=O)Nc3ccc(C)cc3)c2)s1. The van der Waals surface area contributed by atoms with E-state index in [0.29, 0.717) is 22.6 Å². The van der Waals surface area contributed by atoms with Crippen molar-refractivity contribution in [3.8, 4) is 21.8 Å². The number of carbonyl (C=O) groups is 1. The topological polar surface area (TPSA) is 109 Å². The number of hydrogen-bond donors (Lipinski definition) is 3. The molecule has 10 heteroatoms. The molecule has 8 nitrogen and oxygen atoms in total. The van der Waals surface area contributed by atoms with Crippen LogP contribution in [0, 0.1) is 12.7 Å². The number of amides is 2. The minimum Gasteiger partial charge on any atom is -0.368 e. The van der Waals surface area contributed by atoms with Gasteiger partial charge in [0.05, 0.1) is 16.3 Å². The molecule has 0 radical (unpaired) electrons. The number of carbonyl (C=O) groups excluding carboxylic acids is 1. The summed E-state index contributed by atoms with van der Waals surface area (Å²) in [6.07, 6.45) is 1.57. The smallest absolute Gasteiger partial charge is 0.323 e. The summed E-state index contributed by atoms with van der Waals surface area (Å²) in [5, 5.41) is 6.14. The lowest BCUT2D eigenvalue weighted by Gasteiger charge is -2.16. The van der Waals surface area contributed by atoms with Crippen molar-refractivity contribution < 1.29 is 9.18 Å². The Labute approximate surface area is 207 Å². The Morgan fingerprint density at radius 1 is 1.06 bits per heavy atom. The van der Waals surface area contributed by atoms with Gasteiger partial charge in [-0.25, -0.2) is 24.1 Å². The maximum atomic E-state index is 14.7. The van der Waals surface area contributed by atoms with Gasteiger partial charge < -0.3 is 21.3 Å². The Morgan fingerprint density at radius 3 is 2.49 bits per heavy atom. The zero-order chi connectivity index (χ0) is 24.9. The number of thiazole rings is 1. The molecule has 0 atom stereocenters. The standard InChI is InChI=1S/C25H26FN7OS/c1-4-33(5-2)25-32-21(19-12-13-28-23(27)30-19)22(35-25)16-8-11-18(26)20(14-16)31-24(34)29-17-9-6-15(3)7-10-17/h6-14H,4-5H2,1-3H3,(H2,27,28,30)(H2,29,31,34). The van der Waals surface area contributed by atoms with E-state index in [9.17, 15) is 9.18 Å². The Bertz CT molecular complexity index is 1340. The van der Waals surface area contributed by atoms with E-state index in [0.717, 1.165) is 28.7 Å². The zero-order valence-corrected chi connectivity index (χ0v) is 20.5. The minimum atomic E-state index is -0.547. The summed E-state index contributed by atoms with van der Waals surface area (Å²) in [7, 11) is 0. The second-order valence-electron chi connectivity index (χ2n) is 7.79. The quantitative estimate of drug-likeness (QED) is 0.302. The van der Waals surface area contributed by atoms with Crippen LogP contribution >= 0.6 is 11.3 Å². The van der Waals surface area contributed by atoms with E-state index in [1.54, 1.807) is 36.5 Å². The summed E-state index contributed by atoms with van der Waals surface area (Å²) in [6, 6.07) is 13.1. The normalized spacial score (nSPS) is 10.7. The molecule has 2 amide bonds. The van der Waals surface area contributed by atoms with Crippen LogP contribution in [0.15, 0.2) is 54.7 Å². The molecular formula is C25H26FN7OS. The monoisotopic (exact) mass is 491 g/mol. The van der Waals surface area contributed by atoms with E-state index in [1.165, 1.54) is 17.4 Å². The number of hydrogen-bond acceptors (Lipinski definition) is 7. The maximum absolute atomic E-state index is 14.7. The molecule has 0 aliphatic heterocycles. The highest BCUT2D eigenvalue weighted by molar-refractivity contribution is 7.19. The molecule has 35 heavy (non-hydrogen) atoms. The van der Waals surface area contributed by atoms with E-state index in [4.69, 9.17) is 10.7 Å². The highest BCUT2D eigenvalue weighted by atomic mass is 32.1. The number of urea groups is 1. The van der Waals surface area contributed by atoms with Crippen molar-refractivity contribution in [2.75, 3.05) is 34.4 Å². The highest BCUT2D eigenvalue weighted by Gasteiger charge is 2.20. The van der Waals surface area contributed by atoms with Gasteiger partial charge in [0, 0.05) is 25.0 Å². The lowest BCUT2D eigenvalue weighted by Crippen LogP contribution is -2.21. The van der Waals surface area contributed by atoms with Gasteiger partial charge >= 0.3 is 6.03 Å². The molecule has 0 fully saturated rings. The molecule has 2 heterocycles. The first-order valence-corrected chi connectivity index (χ1v) is 12.0. The first kappa shape index (κ1) is 24.1. The third-order valence-corrected chi connectivity index (χ3v) is 6.52. The average Bonchev–Trinajstić information content (AvgIpc) is 3.28. The van der Waals surface area contributed by atoms with E-state index in [1.807, 2.05) is 19.1 Å². The van der Waals surface area contributed by atoms with Crippen LogP contribution in [0.25, 0.3) is 21.8 Å². The van der Waals surface area contributed by atoms with Gasteiger partial charge in [-0.2, -0.15) is 0 Å². The summed E-state index contributed by atoms with van der Waals surface area (Å²) in [5.41, 5.74) is 9.43. The van der Waals surface area contributed by atoms with Crippen LogP contribution in [0.4, 0.5) is 31.6 Å². The molecule has 0 aliphatic carbocycles. The van der Waals surface area contributed by atoms with E-state index >= 15 is 0 Å². The molecule has 0 aliphatic rings. The first-order valence-electron chi connectivity index (χ1n) is 11.2. The molecule has 0 spiro atoms. The maximum Gasteiger partial charge on any atom is 0.323 e. The Balaban J connectivity index is 1.69.